The summed E-state index contributed by atoms with van der Waals surface area (Å²) in [7, 11) is 0. The average molecular weight is 384 g/mol. The molecule has 0 radical (unpaired) electrons. The number of carbonyl (C=O) groups excluding carboxylic acids is 1. The summed E-state index contributed by atoms with van der Waals surface area (Å²) in [6.45, 7) is 14.3. The standard InChI is InChI=1S/C24H33NO3/c1-15-12-17(9-10-20(15)26)25-21(27)11-8-16-13-18(23(2,3)4)22(28)19(14-16)24(5,6)7/h9-10,12-14,26,28H,8,11H2,1-7H3,(H,25,27). The van der Waals surface area contributed by atoms with Gasteiger partial charge in [0.2, 0.25) is 5.91 Å². The number of hydrogen-bond acceptors (Lipinski definition) is 3. The minimum atomic E-state index is -0.189. The Balaban J connectivity index is 2.21. The fourth-order valence-corrected chi connectivity index (χ4v) is 3.20. The number of phenolic OH excluding ortho intramolecular Hbond substituents is 2. The summed E-state index contributed by atoms with van der Waals surface area (Å²) in [6.07, 6.45) is 0.938. The SMILES string of the molecule is Cc1cc(NC(=O)CCc2cc(C(C)(C)C)c(O)c(C(C)(C)C)c2)ccc1O. The number of nitrogens with one attached hydrogen (secondary N) is 1. The Hall–Kier alpha value is -2.49. The third kappa shape index (κ3) is 5.28. The van der Waals surface area contributed by atoms with Crippen molar-refractivity contribution < 1.29 is 15.0 Å². The largest absolute Gasteiger partial charge is 0.508 e. The van der Waals surface area contributed by atoms with Crippen molar-refractivity contribution in [3.05, 3.63) is 52.6 Å². The fourth-order valence-electron chi connectivity index (χ4n) is 3.20. The summed E-state index contributed by atoms with van der Waals surface area (Å²) in [5, 5.41) is 23.3. The first-order chi connectivity index (χ1) is 12.8. The van der Waals surface area contributed by atoms with Gasteiger partial charge in [-0.15, -0.1) is 0 Å². The van der Waals surface area contributed by atoms with Gasteiger partial charge in [0.05, 0.1) is 0 Å². The third-order valence-corrected chi connectivity index (χ3v) is 4.91. The second-order valence-electron chi connectivity index (χ2n) is 9.59. The molecule has 28 heavy (non-hydrogen) atoms. The van der Waals surface area contributed by atoms with Crippen LogP contribution in [-0.4, -0.2) is 16.1 Å². The summed E-state index contributed by atoms with van der Waals surface area (Å²) in [5.74, 6) is 0.493. The zero-order valence-electron chi connectivity index (χ0n) is 18.1. The van der Waals surface area contributed by atoms with Crippen molar-refractivity contribution in [1.82, 2.24) is 0 Å². The number of hydrogen-bond donors (Lipinski definition) is 3. The highest BCUT2D eigenvalue weighted by atomic mass is 16.3. The number of benzene rings is 2. The van der Waals surface area contributed by atoms with E-state index in [0.29, 0.717) is 24.3 Å². The molecule has 0 bridgehead atoms. The van der Waals surface area contributed by atoms with Crippen molar-refractivity contribution in [3.8, 4) is 11.5 Å². The summed E-state index contributed by atoms with van der Waals surface area (Å²) in [5.41, 5.74) is 3.88. The van der Waals surface area contributed by atoms with E-state index >= 15 is 0 Å². The van der Waals surface area contributed by atoms with Crippen LogP contribution in [0.15, 0.2) is 30.3 Å². The van der Waals surface area contributed by atoms with E-state index in [-0.39, 0.29) is 22.5 Å². The van der Waals surface area contributed by atoms with Gasteiger partial charge in [-0.1, -0.05) is 53.7 Å². The molecule has 2 aromatic carbocycles. The van der Waals surface area contributed by atoms with Gasteiger partial charge < -0.3 is 15.5 Å². The monoisotopic (exact) mass is 383 g/mol. The quantitative estimate of drug-likeness (QED) is 0.604. The minimum absolute atomic E-state index is 0.0761. The van der Waals surface area contributed by atoms with Crippen LogP contribution in [0, 0.1) is 6.92 Å². The molecule has 4 heteroatoms. The average Bonchev–Trinajstić information content (AvgIpc) is 2.55. The number of aromatic hydroxyl groups is 2. The lowest BCUT2D eigenvalue weighted by atomic mass is 9.78. The maximum atomic E-state index is 12.4. The normalized spacial score (nSPS) is 12.1. The van der Waals surface area contributed by atoms with Gasteiger partial charge >= 0.3 is 0 Å². The molecule has 0 atom stereocenters. The van der Waals surface area contributed by atoms with Gasteiger partial charge in [0.15, 0.2) is 0 Å². The maximum absolute atomic E-state index is 12.4. The molecule has 0 aliphatic heterocycles. The van der Waals surface area contributed by atoms with Crippen LogP contribution in [0.2, 0.25) is 0 Å². The van der Waals surface area contributed by atoms with E-state index in [1.807, 2.05) is 12.1 Å². The molecule has 0 unspecified atom stereocenters. The Labute approximate surface area is 168 Å². The molecule has 0 saturated carbocycles. The van der Waals surface area contributed by atoms with Crippen LogP contribution in [0.5, 0.6) is 11.5 Å². The predicted molar refractivity (Wildman–Crippen MR) is 115 cm³/mol. The van der Waals surface area contributed by atoms with E-state index in [0.717, 1.165) is 22.3 Å². The van der Waals surface area contributed by atoms with Gasteiger partial charge in [-0.25, -0.2) is 0 Å². The molecule has 0 heterocycles. The van der Waals surface area contributed by atoms with Crippen LogP contribution in [0.4, 0.5) is 5.69 Å². The number of rotatable bonds is 4. The molecule has 0 spiro atoms. The van der Waals surface area contributed by atoms with Gasteiger partial charge in [0.1, 0.15) is 11.5 Å². The number of phenols is 2. The van der Waals surface area contributed by atoms with Crippen molar-refractivity contribution in [2.75, 3.05) is 5.32 Å². The van der Waals surface area contributed by atoms with Crippen LogP contribution in [0.1, 0.15) is 70.2 Å². The van der Waals surface area contributed by atoms with E-state index in [9.17, 15) is 15.0 Å². The first kappa shape index (κ1) is 21.8. The third-order valence-electron chi connectivity index (χ3n) is 4.91. The van der Waals surface area contributed by atoms with Gasteiger partial charge in [-0.2, -0.15) is 0 Å². The topological polar surface area (TPSA) is 69.6 Å². The molecular weight excluding hydrogens is 350 g/mol. The molecule has 152 valence electrons. The van der Waals surface area contributed by atoms with Crippen molar-refractivity contribution >= 4 is 11.6 Å². The summed E-state index contributed by atoms with van der Waals surface area (Å²) < 4.78 is 0. The number of amides is 1. The molecule has 2 rings (SSSR count). The maximum Gasteiger partial charge on any atom is 0.224 e. The zero-order valence-corrected chi connectivity index (χ0v) is 18.1. The minimum Gasteiger partial charge on any atom is -0.508 e. The lowest BCUT2D eigenvalue weighted by Crippen LogP contribution is -2.18. The van der Waals surface area contributed by atoms with E-state index in [2.05, 4.69) is 46.9 Å². The number of aryl methyl sites for hydroxylation is 2. The molecule has 4 nitrogen and oxygen atoms in total. The van der Waals surface area contributed by atoms with Gasteiger partial charge in [-0.05, 0) is 64.6 Å². The number of carbonyl (C=O) groups is 1. The Bertz CT molecular complexity index is 835. The summed E-state index contributed by atoms with van der Waals surface area (Å²) >= 11 is 0. The molecule has 2 aromatic rings. The molecule has 0 aromatic heterocycles. The zero-order chi connectivity index (χ0) is 21.3. The van der Waals surface area contributed by atoms with Gasteiger partial charge in [-0.3, -0.25) is 4.79 Å². The molecule has 3 N–H and O–H groups in total. The van der Waals surface area contributed by atoms with Crippen LogP contribution >= 0.6 is 0 Å². The highest BCUT2D eigenvalue weighted by Gasteiger charge is 2.26. The van der Waals surface area contributed by atoms with Crippen LogP contribution in [0.25, 0.3) is 0 Å². The number of anilines is 1. The lowest BCUT2D eigenvalue weighted by Gasteiger charge is -2.28. The van der Waals surface area contributed by atoms with Crippen LogP contribution in [0.3, 0.4) is 0 Å². The Kier molecular flexibility index (Phi) is 6.12. The van der Waals surface area contributed by atoms with E-state index in [4.69, 9.17) is 0 Å². The van der Waals surface area contributed by atoms with E-state index in [1.54, 1.807) is 25.1 Å². The first-order valence-corrected chi connectivity index (χ1v) is 9.75. The lowest BCUT2D eigenvalue weighted by molar-refractivity contribution is -0.116. The smallest absolute Gasteiger partial charge is 0.224 e. The highest BCUT2D eigenvalue weighted by Crippen LogP contribution is 2.40. The molecular formula is C24H33NO3. The Morgan fingerprint density at radius 3 is 1.93 bits per heavy atom. The second-order valence-corrected chi connectivity index (χ2v) is 9.59. The Morgan fingerprint density at radius 1 is 0.929 bits per heavy atom. The van der Waals surface area contributed by atoms with E-state index < -0.39 is 0 Å². The van der Waals surface area contributed by atoms with Crippen molar-refractivity contribution in [2.24, 2.45) is 0 Å². The van der Waals surface area contributed by atoms with Crippen molar-refractivity contribution in [1.29, 1.82) is 0 Å². The Morgan fingerprint density at radius 2 is 1.46 bits per heavy atom. The first-order valence-electron chi connectivity index (χ1n) is 9.75. The molecule has 0 saturated heterocycles. The van der Waals surface area contributed by atoms with E-state index in [1.165, 1.54) is 0 Å². The summed E-state index contributed by atoms with van der Waals surface area (Å²) in [6, 6.07) is 9.06. The summed E-state index contributed by atoms with van der Waals surface area (Å²) in [4.78, 5) is 12.4. The van der Waals surface area contributed by atoms with Gasteiger partial charge in [0.25, 0.3) is 0 Å². The van der Waals surface area contributed by atoms with Crippen LogP contribution in [-0.2, 0) is 22.0 Å². The van der Waals surface area contributed by atoms with Crippen LogP contribution < -0.4 is 5.32 Å². The van der Waals surface area contributed by atoms with Crippen molar-refractivity contribution in [2.45, 2.75) is 72.1 Å². The predicted octanol–water partition coefficient (Wildman–Crippen LogP) is 5.57. The fraction of sp³-hybridized carbons (Fsp3) is 0.458. The second kappa shape index (κ2) is 7.86. The molecule has 0 aliphatic carbocycles. The molecule has 1 amide bonds. The molecule has 0 fully saturated rings. The highest BCUT2D eigenvalue weighted by molar-refractivity contribution is 5.91. The van der Waals surface area contributed by atoms with Crippen molar-refractivity contribution in [3.63, 3.8) is 0 Å². The molecule has 0 aliphatic rings. The van der Waals surface area contributed by atoms with Gasteiger partial charge in [0, 0.05) is 12.1 Å².